The number of carbonyl (C=O) groups is 2. The summed E-state index contributed by atoms with van der Waals surface area (Å²) in [5.74, 6) is -0.568. The molecule has 2 rings (SSSR count). The number of amides is 1. The molecule has 6 heteroatoms. The van der Waals surface area contributed by atoms with Gasteiger partial charge in [0.15, 0.2) is 0 Å². The van der Waals surface area contributed by atoms with Crippen LogP contribution in [-0.4, -0.2) is 30.6 Å². The van der Waals surface area contributed by atoms with E-state index < -0.39 is 5.97 Å². The third-order valence-electron chi connectivity index (χ3n) is 3.28. The molecule has 0 radical (unpaired) electrons. The molecule has 0 fully saturated rings. The summed E-state index contributed by atoms with van der Waals surface area (Å²) in [6.07, 6.45) is 0.569. The van der Waals surface area contributed by atoms with E-state index in [4.69, 9.17) is 9.84 Å². The molecule has 1 aromatic heterocycles. The van der Waals surface area contributed by atoms with Crippen molar-refractivity contribution in [2.75, 3.05) is 13.7 Å². The van der Waals surface area contributed by atoms with E-state index >= 15 is 0 Å². The number of methoxy groups -OCH3 is 1. The summed E-state index contributed by atoms with van der Waals surface area (Å²) in [5, 5.41) is 13.7. The van der Waals surface area contributed by atoms with Crippen molar-refractivity contribution in [2.45, 2.75) is 13.3 Å². The molecule has 22 heavy (non-hydrogen) atoms. The zero-order valence-corrected chi connectivity index (χ0v) is 13.2. The van der Waals surface area contributed by atoms with E-state index in [1.807, 2.05) is 18.4 Å². The third-order valence-corrected chi connectivity index (χ3v) is 4.30. The molecular weight excluding hydrogens is 302 g/mol. The van der Waals surface area contributed by atoms with Gasteiger partial charge in [0.25, 0.3) is 5.91 Å². The Hall–Kier alpha value is -2.34. The van der Waals surface area contributed by atoms with Crippen molar-refractivity contribution in [3.8, 4) is 5.75 Å². The van der Waals surface area contributed by atoms with Gasteiger partial charge < -0.3 is 15.2 Å². The maximum absolute atomic E-state index is 12.0. The minimum atomic E-state index is -0.994. The van der Waals surface area contributed by atoms with Crippen molar-refractivity contribution >= 4 is 23.2 Å². The lowest BCUT2D eigenvalue weighted by Crippen LogP contribution is -2.25. The summed E-state index contributed by atoms with van der Waals surface area (Å²) in [7, 11) is 1.50. The van der Waals surface area contributed by atoms with Crippen LogP contribution >= 0.6 is 11.3 Å². The van der Waals surface area contributed by atoms with Crippen LogP contribution in [0.25, 0.3) is 0 Å². The molecule has 0 atom stereocenters. The Bertz CT molecular complexity index is 693. The summed E-state index contributed by atoms with van der Waals surface area (Å²) in [5.41, 5.74) is 2.00. The zero-order chi connectivity index (χ0) is 16.1. The minimum Gasteiger partial charge on any atom is -0.496 e. The first kappa shape index (κ1) is 16.0. The van der Waals surface area contributed by atoms with Crippen molar-refractivity contribution in [3.05, 3.63) is 51.2 Å². The lowest BCUT2D eigenvalue weighted by atomic mass is 10.1. The van der Waals surface area contributed by atoms with Crippen LogP contribution in [0.5, 0.6) is 5.75 Å². The smallest absolute Gasteiger partial charge is 0.335 e. The standard InChI is InChI=1S/C16H17NO4S/c1-10-6-8-22-14(10)15(18)17-7-5-11-3-4-12(16(19)20)9-13(11)21-2/h3-4,6,8-9H,5,7H2,1-2H3,(H,17,18)(H,19,20). The number of carboxylic acids is 1. The molecule has 0 spiro atoms. The predicted octanol–water partition coefficient (Wildman–Crippen LogP) is 2.74. The van der Waals surface area contributed by atoms with E-state index in [9.17, 15) is 9.59 Å². The summed E-state index contributed by atoms with van der Waals surface area (Å²) in [4.78, 5) is 23.7. The molecule has 2 N–H and O–H groups in total. The van der Waals surface area contributed by atoms with Crippen molar-refractivity contribution in [2.24, 2.45) is 0 Å². The highest BCUT2D eigenvalue weighted by atomic mass is 32.1. The Labute approximate surface area is 132 Å². The molecule has 0 bridgehead atoms. The Balaban J connectivity index is 1.98. The van der Waals surface area contributed by atoms with E-state index in [0.29, 0.717) is 23.6 Å². The molecule has 116 valence electrons. The third kappa shape index (κ3) is 3.65. The number of hydrogen-bond acceptors (Lipinski definition) is 4. The van der Waals surface area contributed by atoms with E-state index in [1.165, 1.54) is 30.6 Å². The number of benzene rings is 1. The van der Waals surface area contributed by atoms with E-state index in [1.54, 1.807) is 6.07 Å². The number of nitrogens with one attached hydrogen (secondary N) is 1. The summed E-state index contributed by atoms with van der Waals surface area (Å²) >= 11 is 1.41. The van der Waals surface area contributed by atoms with Gasteiger partial charge in [-0.2, -0.15) is 0 Å². The fourth-order valence-corrected chi connectivity index (χ4v) is 2.92. The predicted molar refractivity (Wildman–Crippen MR) is 85.0 cm³/mol. The molecule has 0 saturated carbocycles. The lowest BCUT2D eigenvalue weighted by molar-refractivity contribution is 0.0696. The van der Waals surface area contributed by atoms with Crippen molar-refractivity contribution in [1.82, 2.24) is 5.32 Å². The molecule has 1 amide bonds. The van der Waals surface area contributed by atoms with Gasteiger partial charge in [0.2, 0.25) is 0 Å². The monoisotopic (exact) mass is 319 g/mol. The van der Waals surface area contributed by atoms with Crippen molar-refractivity contribution in [1.29, 1.82) is 0 Å². The Morgan fingerprint density at radius 2 is 2.09 bits per heavy atom. The van der Waals surface area contributed by atoms with Gasteiger partial charge in [0, 0.05) is 6.54 Å². The number of carboxylic acid groups (broad SMARTS) is 1. The van der Waals surface area contributed by atoms with E-state index in [2.05, 4.69) is 5.32 Å². The topological polar surface area (TPSA) is 75.6 Å². The molecule has 5 nitrogen and oxygen atoms in total. The largest absolute Gasteiger partial charge is 0.496 e. The van der Waals surface area contributed by atoms with Gasteiger partial charge in [0.05, 0.1) is 17.6 Å². The second kappa shape index (κ2) is 7.09. The van der Waals surface area contributed by atoms with Crippen molar-refractivity contribution in [3.63, 3.8) is 0 Å². The van der Waals surface area contributed by atoms with Gasteiger partial charge in [-0.15, -0.1) is 11.3 Å². The van der Waals surface area contributed by atoms with Crippen LogP contribution < -0.4 is 10.1 Å². The van der Waals surface area contributed by atoms with Crippen LogP contribution in [0.1, 0.15) is 31.2 Å². The summed E-state index contributed by atoms with van der Waals surface area (Å²) in [6.45, 7) is 2.36. The average Bonchev–Trinajstić information content (AvgIpc) is 2.93. The second-order valence-corrected chi connectivity index (χ2v) is 5.69. The molecule has 0 aliphatic carbocycles. The highest BCUT2D eigenvalue weighted by molar-refractivity contribution is 7.12. The van der Waals surface area contributed by atoms with Crippen LogP contribution in [-0.2, 0) is 6.42 Å². The average molecular weight is 319 g/mol. The van der Waals surface area contributed by atoms with Gasteiger partial charge >= 0.3 is 5.97 Å². The van der Waals surface area contributed by atoms with Gasteiger partial charge in [-0.25, -0.2) is 4.79 Å². The van der Waals surface area contributed by atoms with Gasteiger partial charge in [-0.3, -0.25) is 4.79 Å². The maximum Gasteiger partial charge on any atom is 0.335 e. The number of rotatable bonds is 6. The van der Waals surface area contributed by atoms with Crippen LogP contribution in [0.15, 0.2) is 29.6 Å². The van der Waals surface area contributed by atoms with Crippen LogP contribution in [0.2, 0.25) is 0 Å². The van der Waals surface area contributed by atoms with Crippen molar-refractivity contribution < 1.29 is 19.4 Å². The Morgan fingerprint density at radius 3 is 2.68 bits per heavy atom. The highest BCUT2D eigenvalue weighted by Gasteiger charge is 2.11. The molecule has 2 aromatic rings. The molecule has 1 aromatic carbocycles. The molecule has 0 aliphatic rings. The molecule has 0 saturated heterocycles. The number of carbonyl (C=O) groups excluding carboxylic acids is 1. The van der Waals surface area contributed by atoms with Gasteiger partial charge in [0.1, 0.15) is 5.75 Å². The fraction of sp³-hybridized carbons (Fsp3) is 0.250. The highest BCUT2D eigenvalue weighted by Crippen LogP contribution is 2.21. The molecule has 0 aliphatic heterocycles. The van der Waals surface area contributed by atoms with E-state index in [0.717, 1.165) is 11.1 Å². The first-order valence-corrected chi connectivity index (χ1v) is 7.63. The van der Waals surface area contributed by atoms with Crippen LogP contribution in [0.3, 0.4) is 0 Å². The molecule has 1 heterocycles. The minimum absolute atomic E-state index is 0.0892. The number of aromatic carboxylic acids is 1. The zero-order valence-electron chi connectivity index (χ0n) is 12.4. The van der Waals surface area contributed by atoms with Crippen LogP contribution in [0.4, 0.5) is 0 Å². The maximum atomic E-state index is 12.0. The first-order valence-electron chi connectivity index (χ1n) is 6.75. The number of hydrogen-bond donors (Lipinski definition) is 2. The molecular formula is C16H17NO4S. The number of thiophene rings is 1. The Kier molecular flexibility index (Phi) is 5.16. The van der Waals surface area contributed by atoms with E-state index in [-0.39, 0.29) is 11.5 Å². The van der Waals surface area contributed by atoms with Crippen LogP contribution in [0, 0.1) is 6.92 Å². The SMILES string of the molecule is COc1cc(C(=O)O)ccc1CCNC(=O)c1sccc1C. The molecule has 0 unspecified atom stereocenters. The Morgan fingerprint density at radius 1 is 1.32 bits per heavy atom. The second-order valence-electron chi connectivity index (χ2n) is 4.77. The number of aryl methyl sites for hydroxylation is 1. The fourth-order valence-electron chi connectivity index (χ4n) is 2.08. The van der Waals surface area contributed by atoms with Gasteiger partial charge in [-0.1, -0.05) is 6.07 Å². The number of ether oxygens (including phenoxy) is 1. The first-order chi connectivity index (χ1) is 10.5. The summed E-state index contributed by atoms with van der Waals surface area (Å²) in [6, 6.07) is 6.65. The normalized spacial score (nSPS) is 10.3. The quantitative estimate of drug-likeness (QED) is 0.858. The van der Waals surface area contributed by atoms with Gasteiger partial charge in [-0.05, 0) is 48.1 Å². The lowest BCUT2D eigenvalue weighted by Gasteiger charge is -2.10. The summed E-state index contributed by atoms with van der Waals surface area (Å²) < 4.78 is 5.21.